The normalized spacial score (nSPS) is 20.6. The number of anilines is 1. The van der Waals surface area contributed by atoms with Crippen LogP contribution in [0.2, 0.25) is 5.02 Å². The van der Waals surface area contributed by atoms with Crippen LogP contribution in [0.15, 0.2) is 60.8 Å². The highest BCUT2D eigenvalue weighted by Gasteiger charge is 2.40. The van der Waals surface area contributed by atoms with Crippen molar-refractivity contribution in [2.24, 2.45) is 0 Å². The van der Waals surface area contributed by atoms with Crippen molar-refractivity contribution in [1.29, 1.82) is 0 Å². The summed E-state index contributed by atoms with van der Waals surface area (Å²) in [7, 11) is 0. The molecular weight excluding hydrogens is 450 g/mol. The molecule has 1 fully saturated rings. The van der Waals surface area contributed by atoms with Gasteiger partial charge in [0.05, 0.1) is 17.3 Å². The topological polar surface area (TPSA) is 59.0 Å². The first-order valence-corrected chi connectivity index (χ1v) is 10.7. The lowest BCUT2D eigenvalue weighted by atomic mass is 9.90. The van der Waals surface area contributed by atoms with Crippen molar-refractivity contribution in [2.45, 2.75) is 50.7 Å². The minimum absolute atomic E-state index is 0. The summed E-state index contributed by atoms with van der Waals surface area (Å²) < 4.78 is 15.9. The van der Waals surface area contributed by atoms with E-state index in [1.165, 1.54) is 12.1 Å². The highest BCUT2D eigenvalue weighted by molar-refractivity contribution is 6.30. The number of hydrogen-bond donors (Lipinski definition) is 2. The van der Waals surface area contributed by atoms with Crippen LogP contribution in [0.25, 0.3) is 0 Å². The van der Waals surface area contributed by atoms with Gasteiger partial charge in [-0.05, 0) is 69.2 Å². The standard InChI is InChI=1S/C24H26ClFN4O.ClH/c1-24(2,3)30-11-10-20(29-30)19-14-21(23(31)27-18-9-5-7-16(25)13-18)28-22(19)15-6-4-8-17(26)12-15;/h4-13,19,21-22,28H,14H2,1-3H3,(H,27,31);1H/t19-,21+,22+;/m1./s1. The zero-order valence-electron chi connectivity index (χ0n) is 18.2. The number of halogens is 3. The van der Waals surface area contributed by atoms with Crippen LogP contribution in [0.5, 0.6) is 0 Å². The first kappa shape index (κ1) is 24.2. The molecule has 1 amide bonds. The molecule has 5 nitrogen and oxygen atoms in total. The van der Waals surface area contributed by atoms with Crippen molar-refractivity contribution in [2.75, 3.05) is 5.32 Å². The van der Waals surface area contributed by atoms with Gasteiger partial charge in [0.2, 0.25) is 5.91 Å². The lowest BCUT2D eigenvalue weighted by Gasteiger charge is -2.21. The van der Waals surface area contributed by atoms with Gasteiger partial charge in [-0.25, -0.2) is 4.39 Å². The SMILES string of the molecule is CC(C)(C)n1ccc([C@H]2C[C@@H](C(=O)Nc3cccc(Cl)c3)N[C@H]2c2cccc(F)c2)n1.Cl. The maximum Gasteiger partial charge on any atom is 0.241 e. The molecule has 1 aromatic heterocycles. The third-order valence-electron chi connectivity index (χ3n) is 5.57. The van der Waals surface area contributed by atoms with Gasteiger partial charge in [0.15, 0.2) is 0 Å². The molecule has 0 bridgehead atoms. The Labute approximate surface area is 198 Å². The Morgan fingerprint density at radius 3 is 2.59 bits per heavy atom. The van der Waals surface area contributed by atoms with Crippen LogP contribution in [0.4, 0.5) is 10.1 Å². The molecule has 0 radical (unpaired) electrons. The summed E-state index contributed by atoms with van der Waals surface area (Å²) in [6.07, 6.45) is 2.51. The number of aromatic nitrogens is 2. The summed E-state index contributed by atoms with van der Waals surface area (Å²) in [4.78, 5) is 13.0. The van der Waals surface area contributed by atoms with Crippen molar-refractivity contribution < 1.29 is 9.18 Å². The molecule has 0 saturated carbocycles. The van der Waals surface area contributed by atoms with Gasteiger partial charge in [0, 0.05) is 28.9 Å². The quantitative estimate of drug-likeness (QED) is 0.509. The Kier molecular flexibility index (Phi) is 7.28. The van der Waals surface area contributed by atoms with E-state index in [1.807, 2.05) is 23.0 Å². The lowest BCUT2D eigenvalue weighted by Crippen LogP contribution is -2.36. The van der Waals surface area contributed by atoms with Crippen molar-refractivity contribution in [3.05, 3.63) is 82.9 Å². The number of nitrogens with one attached hydrogen (secondary N) is 2. The Balaban J connectivity index is 0.00000289. The van der Waals surface area contributed by atoms with Gasteiger partial charge in [0.1, 0.15) is 5.82 Å². The second-order valence-corrected chi connectivity index (χ2v) is 9.39. The smallest absolute Gasteiger partial charge is 0.241 e. The molecule has 2 heterocycles. The minimum Gasteiger partial charge on any atom is -0.325 e. The number of rotatable bonds is 4. The third kappa shape index (κ3) is 5.31. The molecule has 3 atom stereocenters. The van der Waals surface area contributed by atoms with E-state index in [4.69, 9.17) is 16.7 Å². The highest BCUT2D eigenvalue weighted by atomic mass is 35.5. The van der Waals surface area contributed by atoms with Crippen molar-refractivity contribution >= 4 is 35.6 Å². The molecule has 3 aromatic rings. The maximum absolute atomic E-state index is 14.0. The molecular formula is C24H27Cl2FN4O. The average molecular weight is 477 g/mol. The Morgan fingerprint density at radius 2 is 1.94 bits per heavy atom. The number of hydrogen-bond acceptors (Lipinski definition) is 3. The average Bonchev–Trinajstić information content (AvgIpc) is 3.35. The zero-order valence-corrected chi connectivity index (χ0v) is 19.8. The summed E-state index contributed by atoms with van der Waals surface area (Å²) in [6, 6.07) is 14.9. The van der Waals surface area contributed by atoms with Gasteiger partial charge in [-0.1, -0.05) is 29.8 Å². The highest BCUT2D eigenvalue weighted by Crippen LogP contribution is 2.40. The van der Waals surface area contributed by atoms with Crippen LogP contribution in [-0.2, 0) is 10.3 Å². The largest absolute Gasteiger partial charge is 0.325 e. The summed E-state index contributed by atoms with van der Waals surface area (Å²) in [6.45, 7) is 6.26. The third-order valence-corrected chi connectivity index (χ3v) is 5.80. The van der Waals surface area contributed by atoms with Crippen molar-refractivity contribution in [1.82, 2.24) is 15.1 Å². The zero-order chi connectivity index (χ0) is 22.2. The Hall–Kier alpha value is -2.41. The molecule has 8 heteroatoms. The molecule has 1 aliphatic heterocycles. The minimum atomic E-state index is -0.447. The number of amides is 1. The Morgan fingerprint density at radius 1 is 1.19 bits per heavy atom. The fraction of sp³-hybridized carbons (Fsp3) is 0.333. The maximum atomic E-state index is 14.0. The summed E-state index contributed by atoms with van der Waals surface area (Å²) in [5, 5.41) is 11.7. The first-order valence-electron chi connectivity index (χ1n) is 10.3. The molecule has 32 heavy (non-hydrogen) atoms. The van der Waals surface area contributed by atoms with E-state index in [-0.39, 0.29) is 41.6 Å². The Bertz CT molecular complexity index is 1100. The van der Waals surface area contributed by atoms with Crippen LogP contribution in [0.3, 0.4) is 0 Å². The van der Waals surface area contributed by atoms with Crippen LogP contribution in [0, 0.1) is 5.82 Å². The molecule has 2 N–H and O–H groups in total. The van der Waals surface area contributed by atoms with E-state index in [1.54, 1.807) is 30.3 Å². The first-order chi connectivity index (χ1) is 14.7. The van der Waals surface area contributed by atoms with E-state index >= 15 is 0 Å². The second kappa shape index (κ2) is 9.61. The molecule has 170 valence electrons. The summed E-state index contributed by atoms with van der Waals surface area (Å²) in [5.74, 6) is -0.521. The fourth-order valence-electron chi connectivity index (χ4n) is 4.00. The van der Waals surface area contributed by atoms with Crippen molar-refractivity contribution in [3.63, 3.8) is 0 Å². The number of carbonyl (C=O) groups is 1. The lowest BCUT2D eigenvalue weighted by molar-refractivity contribution is -0.117. The van der Waals surface area contributed by atoms with E-state index in [0.717, 1.165) is 11.3 Å². The van der Waals surface area contributed by atoms with Gasteiger partial charge < -0.3 is 5.32 Å². The van der Waals surface area contributed by atoms with Gasteiger partial charge in [-0.3, -0.25) is 14.8 Å². The molecule has 1 aliphatic rings. The predicted octanol–water partition coefficient (Wildman–Crippen LogP) is 5.68. The van der Waals surface area contributed by atoms with Gasteiger partial charge in [-0.2, -0.15) is 5.10 Å². The van der Waals surface area contributed by atoms with Crippen LogP contribution in [0.1, 0.15) is 50.4 Å². The van der Waals surface area contributed by atoms with E-state index in [2.05, 4.69) is 31.4 Å². The number of carbonyl (C=O) groups excluding carboxylic acids is 1. The van der Waals surface area contributed by atoms with E-state index < -0.39 is 6.04 Å². The van der Waals surface area contributed by atoms with Gasteiger partial charge >= 0.3 is 0 Å². The van der Waals surface area contributed by atoms with Crippen LogP contribution >= 0.6 is 24.0 Å². The van der Waals surface area contributed by atoms with E-state index in [0.29, 0.717) is 17.1 Å². The van der Waals surface area contributed by atoms with E-state index in [9.17, 15) is 9.18 Å². The number of benzene rings is 2. The molecule has 0 spiro atoms. The summed E-state index contributed by atoms with van der Waals surface area (Å²) >= 11 is 6.04. The van der Waals surface area contributed by atoms with Crippen LogP contribution < -0.4 is 10.6 Å². The van der Waals surface area contributed by atoms with Gasteiger partial charge in [0.25, 0.3) is 0 Å². The summed E-state index contributed by atoms with van der Waals surface area (Å²) in [5.41, 5.74) is 2.17. The molecule has 2 aromatic carbocycles. The van der Waals surface area contributed by atoms with Gasteiger partial charge in [-0.15, -0.1) is 12.4 Å². The molecule has 1 saturated heterocycles. The van der Waals surface area contributed by atoms with Crippen molar-refractivity contribution in [3.8, 4) is 0 Å². The molecule has 4 rings (SSSR count). The number of nitrogens with zero attached hydrogens (tertiary/aromatic N) is 2. The molecule has 0 unspecified atom stereocenters. The predicted molar refractivity (Wildman–Crippen MR) is 128 cm³/mol. The monoisotopic (exact) mass is 476 g/mol. The fourth-order valence-corrected chi connectivity index (χ4v) is 4.19. The second-order valence-electron chi connectivity index (χ2n) is 8.95. The molecule has 0 aliphatic carbocycles. The van der Waals surface area contributed by atoms with Crippen LogP contribution in [-0.4, -0.2) is 21.7 Å².